The standard InChI is InChI=1S/C15H18N2O3.C2H6/c1-16(9-11-7-5-4-6-8-11)14(18)12-10-17(2)15(19)13(12)20-3;1-2/h4-8H,9-10H2,1-3H3;1-2H3. The van der Waals surface area contributed by atoms with Gasteiger partial charge in [0.2, 0.25) is 0 Å². The van der Waals surface area contributed by atoms with Crippen LogP contribution in [0.4, 0.5) is 0 Å². The van der Waals surface area contributed by atoms with Crippen molar-refractivity contribution in [2.75, 3.05) is 27.7 Å². The van der Waals surface area contributed by atoms with Crippen molar-refractivity contribution < 1.29 is 14.3 Å². The van der Waals surface area contributed by atoms with Crippen molar-refractivity contribution in [3.8, 4) is 0 Å². The van der Waals surface area contributed by atoms with Crippen molar-refractivity contribution in [3.05, 3.63) is 47.2 Å². The molecule has 1 aliphatic rings. The van der Waals surface area contributed by atoms with Crippen molar-refractivity contribution in [2.24, 2.45) is 0 Å². The summed E-state index contributed by atoms with van der Waals surface area (Å²) in [6, 6.07) is 9.71. The van der Waals surface area contributed by atoms with Crippen molar-refractivity contribution in [3.63, 3.8) is 0 Å². The average molecular weight is 304 g/mol. The Labute approximate surface area is 132 Å². The van der Waals surface area contributed by atoms with Crippen LogP contribution in [0.15, 0.2) is 41.7 Å². The molecule has 1 aromatic carbocycles. The van der Waals surface area contributed by atoms with Crippen LogP contribution >= 0.6 is 0 Å². The van der Waals surface area contributed by atoms with Gasteiger partial charge in [-0.1, -0.05) is 44.2 Å². The summed E-state index contributed by atoms with van der Waals surface area (Å²) in [5, 5.41) is 0. The van der Waals surface area contributed by atoms with E-state index < -0.39 is 0 Å². The van der Waals surface area contributed by atoms with Crippen LogP contribution in [0.25, 0.3) is 0 Å². The Hall–Kier alpha value is -2.30. The first kappa shape index (κ1) is 17.8. The molecule has 120 valence electrons. The third kappa shape index (κ3) is 3.87. The lowest BCUT2D eigenvalue weighted by Gasteiger charge is -2.18. The molecule has 0 aliphatic carbocycles. The van der Waals surface area contributed by atoms with Gasteiger partial charge in [0.1, 0.15) is 0 Å². The van der Waals surface area contributed by atoms with E-state index in [9.17, 15) is 9.59 Å². The highest BCUT2D eigenvalue weighted by molar-refractivity contribution is 6.07. The second-order valence-corrected chi connectivity index (χ2v) is 4.82. The first-order valence-corrected chi connectivity index (χ1v) is 7.36. The molecule has 2 rings (SSSR count). The highest BCUT2D eigenvalue weighted by Crippen LogP contribution is 2.20. The third-order valence-electron chi connectivity index (χ3n) is 3.28. The molecule has 0 fully saturated rings. The molecule has 0 saturated carbocycles. The number of amides is 2. The summed E-state index contributed by atoms with van der Waals surface area (Å²) < 4.78 is 5.07. The fourth-order valence-electron chi connectivity index (χ4n) is 2.22. The summed E-state index contributed by atoms with van der Waals surface area (Å²) >= 11 is 0. The van der Waals surface area contributed by atoms with E-state index in [1.807, 2.05) is 44.2 Å². The highest BCUT2D eigenvalue weighted by atomic mass is 16.5. The fraction of sp³-hybridized carbons (Fsp3) is 0.412. The number of hydrogen-bond acceptors (Lipinski definition) is 3. The van der Waals surface area contributed by atoms with Crippen LogP contribution in [0.1, 0.15) is 19.4 Å². The van der Waals surface area contributed by atoms with Gasteiger partial charge in [-0.25, -0.2) is 0 Å². The average Bonchev–Trinajstić information content (AvgIpc) is 2.84. The van der Waals surface area contributed by atoms with E-state index >= 15 is 0 Å². The van der Waals surface area contributed by atoms with Crippen LogP contribution in [-0.2, 0) is 20.9 Å². The molecule has 5 heteroatoms. The van der Waals surface area contributed by atoms with Gasteiger partial charge in [0.15, 0.2) is 5.76 Å². The molecule has 2 amide bonds. The largest absolute Gasteiger partial charge is 0.491 e. The summed E-state index contributed by atoms with van der Waals surface area (Å²) in [7, 11) is 4.79. The molecular weight excluding hydrogens is 280 g/mol. The van der Waals surface area contributed by atoms with Gasteiger partial charge in [-0.05, 0) is 5.56 Å². The Morgan fingerprint density at radius 1 is 1.27 bits per heavy atom. The Morgan fingerprint density at radius 2 is 1.86 bits per heavy atom. The molecule has 0 N–H and O–H groups in total. The number of rotatable bonds is 4. The summed E-state index contributed by atoms with van der Waals surface area (Å²) in [4.78, 5) is 27.3. The number of benzene rings is 1. The zero-order valence-electron chi connectivity index (χ0n) is 13.9. The number of carbonyl (C=O) groups excluding carboxylic acids is 2. The van der Waals surface area contributed by atoms with Gasteiger partial charge in [0, 0.05) is 20.6 Å². The number of methoxy groups -OCH3 is 1. The van der Waals surface area contributed by atoms with E-state index in [2.05, 4.69) is 0 Å². The van der Waals surface area contributed by atoms with E-state index in [1.54, 1.807) is 19.0 Å². The minimum absolute atomic E-state index is 0.150. The smallest absolute Gasteiger partial charge is 0.289 e. The quantitative estimate of drug-likeness (QED) is 0.855. The summed E-state index contributed by atoms with van der Waals surface area (Å²) in [5.41, 5.74) is 1.46. The first-order valence-electron chi connectivity index (χ1n) is 7.36. The number of likely N-dealkylation sites (N-methyl/N-ethyl adjacent to an activating group) is 2. The Morgan fingerprint density at radius 3 is 2.41 bits per heavy atom. The van der Waals surface area contributed by atoms with Crippen LogP contribution in [-0.4, -0.2) is 49.4 Å². The molecule has 0 bridgehead atoms. The highest BCUT2D eigenvalue weighted by Gasteiger charge is 2.34. The Kier molecular flexibility index (Phi) is 6.63. The molecule has 0 aromatic heterocycles. The second kappa shape index (κ2) is 8.22. The van der Waals surface area contributed by atoms with Crippen LogP contribution in [0.3, 0.4) is 0 Å². The fourth-order valence-corrected chi connectivity index (χ4v) is 2.22. The lowest BCUT2D eigenvalue weighted by molar-refractivity contribution is -0.127. The second-order valence-electron chi connectivity index (χ2n) is 4.82. The lowest BCUT2D eigenvalue weighted by atomic mass is 10.2. The maximum absolute atomic E-state index is 12.4. The number of hydrogen-bond donors (Lipinski definition) is 0. The molecule has 0 radical (unpaired) electrons. The van der Waals surface area contributed by atoms with E-state index in [4.69, 9.17) is 4.74 Å². The predicted molar refractivity (Wildman–Crippen MR) is 85.9 cm³/mol. The number of carbonyl (C=O) groups is 2. The Bertz CT molecular complexity index is 552. The van der Waals surface area contributed by atoms with Crippen molar-refractivity contribution in [1.82, 2.24) is 9.80 Å². The summed E-state index contributed by atoms with van der Waals surface area (Å²) in [6.07, 6.45) is 0. The van der Waals surface area contributed by atoms with Gasteiger partial charge in [-0.2, -0.15) is 0 Å². The maximum atomic E-state index is 12.4. The van der Waals surface area contributed by atoms with E-state index in [-0.39, 0.29) is 17.6 Å². The van der Waals surface area contributed by atoms with Gasteiger partial charge in [-0.3, -0.25) is 9.59 Å². The van der Waals surface area contributed by atoms with E-state index in [0.29, 0.717) is 18.7 Å². The molecule has 0 saturated heterocycles. The molecule has 0 unspecified atom stereocenters. The van der Waals surface area contributed by atoms with Crippen molar-refractivity contribution in [1.29, 1.82) is 0 Å². The minimum atomic E-state index is -0.246. The summed E-state index contributed by atoms with van der Waals surface area (Å²) in [5.74, 6) is -0.273. The maximum Gasteiger partial charge on any atom is 0.289 e. The van der Waals surface area contributed by atoms with Crippen LogP contribution in [0.5, 0.6) is 0 Å². The zero-order valence-corrected chi connectivity index (χ0v) is 13.9. The van der Waals surface area contributed by atoms with Gasteiger partial charge >= 0.3 is 0 Å². The Balaban J connectivity index is 0.00000116. The molecular formula is C17H24N2O3. The molecule has 0 atom stereocenters. The molecule has 22 heavy (non-hydrogen) atoms. The normalized spacial score (nSPS) is 13.7. The SMILES string of the molecule is CC.COC1=C(C(=O)N(C)Cc2ccccc2)CN(C)C1=O. The zero-order chi connectivity index (χ0) is 16.7. The topological polar surface area (TPSA) is 49.9 Å². The monoisotopic (exact) mass is 304 g/mol. The summed E-state index contributed by atoms with van der Waals surface area (Å²) in [6.45, 7) is 4.79. The lowest BCUT2D eigenvalue weighted by Crippen LogP contribution is -2.30. The molecule has 1 heterocycles. The first-order chi connectivity index (χ1) is 10.5. The van der Waals surface area contributed by atoms with Gasteiger partial charge in [0.25, 0.3) is 11.8 Å². The van der Waals surface area contributed by atoms with Crippen molar-refractivity contribution >= 4 is 11.8 Å². The predicted octanol–water partition coefficient (Wildman–Crippen LogP) is 2.04. The van der Waals surface area contributed by atoms with Crippen LogP contribution in [0, 0.1) is 0 Å². The molecule has 5 nitrogen and oxygen atoms in total. The number of ether oxygens (including phenoxy) is 1. The van der Waals surface area contributed by atoms with Gasteiger partial charge in [0.05, 0.1) is 19.2 Å². The third-order valence-corrected chi connectivity index (χ3v) is 3.28. The van der Waals surface area contributed by atoms with Crippen molar-refractivity contribution in [2.45, 2.75) is 20.4 Å². The molecule has 1 aliphatic heterocycles. The van der Waals surface area contributed by atoms with E-state index in [0.717, 1.165) is 5.56 Å². The minimum Gasteiger partial charge on any atom is -0.491 e. The molecule has 1 aromatic rings. The van der Waals surface area contributed by atoms with Gasteiger partial charge in [-0.15, -0.1) is 0 Å². The van der Waals surface area contributed by atoms with Crippen LogP contribution < -0.4 is 0 Å². The van der Waals surface area contributed by atoms with Crippen LogP contribution in [0.2, 0.25) is 0 Å². The van der Waals surface area contributed by atoms with E-state index in [1.165, 1.54) is 12.0 Å². The van der Waals surface area contributed by atoms with Gasteiger partial charge < -0.3 is 14.5 Å². The molecule has 0 spiro atoms. The number of nitrogens with zero attached hydrogens (tertiary/aromatic N) is 2.